The van der Waals surface area contributed by atoms with Crippen molar-refractivity contribution in [2.24, 2.45) is 0 Å². The zero-order valence-corrected chi connectivity index (χ0v) is 23.8. The van der Waals surface area contributed by atoms with Crippen LogP contribution in [0.4, 0.5) is 0 Å². The molecule has 0 heterocycles. The summed E-state index contributed by atoms with van der Waals surface area (Å²) in [6.45, 7) is 7.61. The van der Waals surface area contributed by atoms with Crippen LogP contribution in [0.3, 0.4) is 0 Å². The first kappa shape index (κ1) is 34.1. The molecule has 0 aliphatic carbocycles. The zero-order valence-electron chi connectivity index (χ0n) is 19.2. The van der Waals surface area contributed by atoms with Gasteiger partial charge in [0.15, 0.2) is 0 Å². The number of hydrogen-bond acceptors (Lipinski definition) is 4. The minimum absolute atomic E-state index is 0.0736. The van der Waals surface area contributed by atoms with E-state index in [0.717, 1.165) is 0 Å². The van der Waals surface area contributed by atoms with Crippen molar-refractivity contribution in [3.05, 3.63) is 0 Å². The standard InChI is InChI=1S/2C8H17.2C3H6O2S.Sn/c2*1-3-5-7-8-6-4-2;2*1-2(6)3(4)5;/h2*1,3-8H2,2H3;2*2,6H,1H3,(H,4,5);. The van der Waals surface area contributed by atoms with Crippen LogP contribution in [-0.2, 0) is 9.59 Å². The van der Waals surface area contributed by atoms with Gasteiger partial charge in [-0.2, -0.15) is 25.3 Å². The van der Waals surface area contributed by atoms with Crippen molar-refractivity contribution in [2.75, 3.05) is 0 Å². The molecule has 0 aliphatic rings. The summed E-state index contributed by atoms with van der Waals surface area (Å²) in [5.41, 5.74) is 0. The summed E-state index contributed by atoms with van der Waals surface area (Å²) in [6.07, 6.45) is 17.8. The third kappa shape index (κ3) is 39.5. The maximum atomic E-state index is 9.62. The molecule has 0 aromatic heterocycles. The number of rotatable bonds is 16. The van der Waals surface area contributed by atoms with E-state index in [1.165, 1.54) is 78.1 Å². The Morgan fingerprint density at radius 2 is 0.897 bits per heavy atom. The maximum absolute atomic E-state index is 9.62. The second kappa shape index (κ2) is 28.4. The molecule has 0 spiro atoms. The second-order valence-electron chi connectivity index (χ2n) is 7.31. The van der Waals surface area contributed by atoms with E-state index in [9.17, 15) is 9.59 Å². The van der Waals surface area contributed by atoms with E-state index in [-0.39, 0.29) is 21.1 Å². The molecule has 2 N–H and O–H groups in total. The molecule has 2 atom stereocenters. The number of carboxylic acid groups (broad SMARTS) is 2. The summed E-state index contributed by atoms with van der Waals surface area (Å²) in [4.78, 5) is 19.2. The molecule has 7 heteroatoms. The summed E-state index contributed by atoms with van der Waals surface area (Å²) in [5.74, 6) is -1.75. The van der Waals surface area contributed by atoms with Gasteiger partial charge in [-0.15, -0.1) is 0 Å². The number of carbonyl (C=O) groups is 2. The third-order valence-corrected chi connectivity index (χ3v) is 8.61. The van der Waals surface area contributed by atoms with Gasteiger partial charge in [-0.05, 0) is 13.8 Å². The predicted molar refractivity (Wildman–Crippen MR) is 134 cm³/mol. The molecule has 0 saturated carbocycles. The molecule has 2 unspecified atom stereocenters. The number of thiol groups is 2. The van der Waals surface area contributed by atoms with Crippen LogP contribution in [0.15, 0.2) is 0 Å². The Kier molecular flexibility index (Phi) is 33.4. The monoisotopic (exact) mass is 558 g/mol. The van der Waals surface area contributed by atoms with E-state index in [1.54, 1.807) is 21.7 Å². The molecule has 0 amide bonds. The topological polar surface area (TPSA) is 74.6 Å². The van der Waals surface area contributed by atoms with Crippen LogP contribution in [0.2, 0.25) is 8.87 Å². The van der Waals surface area contributed by atoms with Crippen molar-refractivity contribution < 1.29 is 19.8 Å². The molecule has 0 fully saturated rings. The van der Waals surface area contributed by atoms with Crippen LogP contribution in [0.1, 0.15) is 105 Å². The van der Waals surface area contributed by atoms with Crippen LogP contribution in [0.25, 0.3) is 0 Å². The van der Waals surface area contributed by atoms with Gasteiger partial charge in [-0.1, -0.05) is 0 Å². The Labute approximate surface area is 201 Å². The van der Waals surface area contributed by atoms with Gasteiger partial charge >= 0.3 is 133 Å². The molecule has 4 nitrogen and oxygen atoms in total. The van der Waals surface area contributed by atoms with Gasteiger partial charge in [0, 0.05) is 0 Å². The normalized spacial score (nSPS) is 12.1. The molecule has 174 valence electrons. The Hall–Kier alpha value is 0.439. The number of carboxylic acids is 2. The molecular weight excluding hydrogens is 511 g/mol. The third-order valence-electron chi connectivity index (χ3n) is 4.13. The van der Waals surface area contributed by atoms with Crippen molar-refractivity contribution >= 4 is 58.3 Å². The summed E-state index contributed by atoms with van der Waals surface area (Å²) in [6, 6.07) is 0. The van der Waals surface area contributed by atoms with E-state index in [2.05, 4.69) is 39.1 Å². The van der Waals surface area contributed by atoms with Crippen molar-refractivity contribution in [3.8, 4) is 0 Å². The SMILES string of the molecule is CC(S)C(=O)O.CC(S)C(=O)O.CCCCCCC[CH2][Sn][CH2]CCCCCCC. The molecule has 0 saturated heterocycles. The van der Waals surface area contributed by atoms with Gasteiger partial charge in [-0.25, -0.2) is 0 Å². The molecule has 29 heavy (non-hydrogen) atoms. The Morgan fingerprint density at radius 3 is 1.14 bits per heavy atom. The fourth-order valence-corrected chi connectivity index (χ4v) is 5.75. The Bertz CT molecular complexity index is 322. The van der Waals surface area contributed by atoms with Crippen LogP contribution in [0, 0.1) is 0 Å². The quantitative estimate of drug-likeness (QED) is 0.0935. The number of unbranched alkanes of at least 4 members (excludes halogenated alkanes) is 10. The first-order valence-corrected chi connectivity index (χ1v) is 16.3. The van der Waals surface area contributed by atoms with Gasteiger partial charge in [0.25, 0.3) is 0 Å². The molecule has 0 aromatic carbocycles. The average Bonchev–Trinajstić information content (AvgIpc) is 2.66. The molecule has 0 rings (SSSR count). The van der Waals surface area contributed by atoms with E-state index in [1.807, 2.05) is 0 Å². The molecule has 0 aliphatic heterocycles. The minimum atomic E-state index is -0.877. The van der Waals surface area contributed by atoms with E-state index in [0.29, 0.717) is 0 Å². The Morgan fingerprint density at radius 1 is 0.655 bits per heavy atom. The Balaban J connectivity index is -0.000000460. The van der Waals surface area contributed by atoms with Crippen LogP contribution < -0.4 is 0 Å². The first-order chi connectivity index (χ1) is 13.7. The fraction of sp³-hybridized carbons (Fsp3) is 0.909. The van der Waals surface area contributed by atoms with Crippen LogP contribution >= 0.6 is 25.3 Å². The van der Waals surface area contributed by atoms with Gasteiger partial charge in [0.05, 0.1) is 10.5 Å². The number of aliphatic carboxylic acids is 2. The van der Waals surface area contributed by atoms with Crippen molar-refractivity contribution in [1.29, 1.82) is 0 Å². The van der Waals surface area contributed by atoms with E-state index >= 15 is 0 Å². The second-order valence-corrected chi connectivity index (χ2v) is 13.1. The van der Waals surface area contributed by atoms with Crippen LogP contribution in [0.5, 0.6) is 0 Å². The first-order valence-electron chi connectivity index (χ1n) is 11.2. The number of hydrogen-bond donors (Lipinski definition) is 4. The van der Waals surface area contributed by atoms with Crippen molar-refractivity contribution in [3.63, 3.8) is 0 Å². The fourth-order valence-electron chi connectivity index (χ4n) is 2.19. The van der Waals surface area contributed by atoms with Gasteiger partial charge < -0.3 is 10.2 Å². The van der Waals surface area contributed by atoms with E-state index in [4.69, 9.17) is 10.2 Å². The van der Waals surface area contributed by atoms with Crippen LogP contribution in [-0.4, -0.2) is 53.8 Å². The van der Waals surface area contributed by atoms with Gasteiger partial charge in [0.2, 0.25) is 0 Å². The average molecular weight is 557 g/mol. The molecule has 0 aromatic rings. The van der Waals surface area contributed by atoms with E-state index < -0.39 is 22.4 Å². The molecule has 2 radical (unpaired) electrons. The van der Waals surface area contributed by atoms with Gasteiger partial charge in [-0.3, -0.25) is 9.59 Å². The van der Waals surface area contributed by atoms with Crippen molar-refractivity contribution in [2.45, 2.75) is 124 Å². The zero-order chi connectivity index (χ0) is 22.9. The summed E-state index contributed by atoms with van der Waals surface area (Å²) in [7, 11) is 0. The van der Waals surface area contributed by atoms with Crippen molar-refractivity contribution in [1.82, 2.24) is 0 Å². The summed E-state index contributed by atoms with van der Waals surface area (Å²) in [5, 5.41) is 14.8. The summed E-state index contributed by atoms with van der Waals surface area (Å²) < 4.78 is 3.31. The summed E-state index contributed by atoms with van der Waals surface area (Å²) >= 11 is 7.26. The predicted octanol–water partition coefficient (Wildman–Crippen LogP) is 7.03. The molecular formula is C22H46O4S2Sn. The molecule has 0 bridgehead atoms. The van der Waals surface area contributed by atoms with Gasteiger partial charge in [0.1, 0.15) is 0 Å².